The Morgan fingerprint density at radius 2 is 2.11 bits per heavy atom. The largest absolute Gasteiger partial charge is 0.252 e. The summed E-state index contributed by atoms with van der Waals surface area (Å²) < 4.78 is 1.85. The van der Waals surface area contributed by atoms with E-state index >= 15 is 0 Å². The minimum Gasteiger partial charge on any atom is -0.216 e. The van der Waals surface area contributed by atoms with Crippen molar-refractivity contribution in [1.29, 1.82) is 0 Å². The minimum absolute atomic E-state index is 0.625. The maximum Gasteiger partial charge on any atom is 0.252 e. The molecule has 0 N–H and O–H groups in total. The molecule has 1 fully saturated rings. The zero-order chi connectivity index (χ0) is 13.0. The highest BCUT2D eigenvalue weighted by Gasteiger charge is 2.27. The number of hydrogen-bond acceptors (Lipinski definition) is 4. The molecule has 0 bridgehead atoms. The van der Waals surface area contributed by atoms with Gasteiger partial charge < -0.3 is 0 Å². The van der Waals surface area contributed by atoms with E-state index in [1.54, 1.807) is 6.33 Å². The monoisotopic (exact) mass is 270 g/mol. The molecule has 4 nitrogen and oxygen atoms in total. The SMILES string of the molecule is Cc1cc(-c2cc(C3CC3)nc3ncnn23)c(C)s1. The van der Waals surface area contributed by atoms with E-state index < -0.39 is 0 Å². The smallest absolute Gasteiger partial charge is 0.216 e. The molecule has 3 heterocycles. The number of aryl methyl sites for hydroxylation is 2. The van der Waals surface area contributed by atoms with Crippen molar-refractivity contribution in [3.05, 3.63) is 33.9 Å². The van der Waals surface area contributed by atoms with E-state index in [1.165, 1.54) is 33.9 Å². The Hall–Kier alpha value is -1.75. The first-order chi connectivity index (χ1) is 9.22. The zero-order valence-corrected chi connectivity index (χ0v) is 11.7. The highest BCUT2D eigenvalue weighted by atomic mass is 32.1. The van der Waals surface area contributed by atoms with Crippen LogP contribution in [-0.2, 0) is 0 Å². The van der Waals surface area contributed by atoms with E-state index in [4.69, 9.17) is 0 Å². The van der Waals surface area contributed by atoms with Crippen molar-refractivity contribution in [2.75, 3.05) is 0 Å². The van der Waals surface area contributed by atoms with Crippen LogP contribution in [0.4, 0.5) is 0 Å². The van der Waals surface area contributed by atoms with Gasteiger partial charge in [0.25, 0.3) is 5.78 Å². The van der Waals surface area contributed by atoms with Crippen molar-refractivity contribution in [2.24, 2.45) is 0 Å². The first kappa shape index (κ1) is 11.1. The van der Waals surface area contributed by atoms with Gasteiger partial charge in [-0.15, -0.1) is 11.3 Å². The molecule has 0 saturated heterocycles. The minimum atomic E-state index is 0.625. The lowest BCUT2D eigenvalue weighted by Gasteiger charge is -2.06. The molecule has 0 amide bonds. The normalized spacial score (nSPS) is 15.3. The second-order valence-electron chi connectivity index (χ2n) is 5.14. The molecule has 3 aromatic rings. The van der Waals surface area contributed by atoms with Crippen LogP contribution in [0.3, 0.4) is 0 Å². The molecule has 0 unspecified atom stereocenters. The fraction of sp³-hybridized carbons (Fsp3) is 0.357. The van der Waals surface area contributed by atoms with Gasteiger partial charge in [-0.05, 0) is 38.8 Å². The van der Waals surface area contributed by atoms with Crippen LogP contribution >= 0.6 is 11.3 Å². The van der Waals surface area contributed by atoms with Crippen LogP contribution in [0, 0.1) is 13.8 Å². The highest BCUT2D eigenvalue weighted by Crippen LogP contribution is 2.41. The molecule has 0 atom stereocenters. The van der Waals surface area contributed by atoms with Crippen molar-refractivity contribution >= 4 is 17.1 Å². The molecule has 1 aliphatic rings. The van der Waals surface area contributed by atoms with Gasteiger partial charge in [-0.2, -0.15) is 14.6 Å². The molecule has 0 aromatic carbocycles. The van der Waals surface area contributed by atoms with Crippen LogP contribution in [0.5, 0.6) is 0 Å². The van der Waals surface area contributed by atoms with Gasteiger partial charge in [-0.25, -0.2) is 4.98 Å². The van der Waals surface area contributed by atoms with Gasteiger partial charge >= 0.3 is 0 Å². The third-order valence-corrected chi connectivity index (χ3v) is 4.55. The number of hydrogen-bond donors (Lipinski definition) is 0. The Labute approximate surface area is 115 Å². The van der Waals surface area contributed by atoms with Crippen LogP contribution < -0.4 is 0 Å². The molecule has 19 heavy (non-hydrogen) atoms. The molecule has 0 aliphatic heterocycles. The predicted octanol–water partition coefficient (Wildman–Crippen LogP) is 3.35. The standard InChI is InChI=1S/C14H14N4S/c1-8-5-11(9(2)19-8)13-6-12(10-3-4-10)17-14-15-7-16-18(13)14/h5-7,10H,3-4H2,1-2H3. The number of nitrogens with zero attached hydrogens (tertiary/aromatic N) is 4. The van der Waals surface area contributed by atoms with Crippen molar-refractivity contribution in [2.45, 2.75) is 32.6 Å². The molecule has 96 valence electrons. The van der Waals surface area contributed by atoms with Crippen molar-refractivity contribution < 1.29 is 0 Å². The molecule has 0 radical (unpaired) electrons. The number of fused-ring (bicyclic) bond motifs is 1. The number of aromatic nitrogens is 4. The summed E-state index contributed by atoms with van der Waals surface area (Å²) in [5.74, 6) is 1.34. The number of thiophene rings is 1. The summed E-state index contributed by atoms with van der Waals surface area (Å²) in [5, 5.41) is 4.31. The Kier molecular flexibility index (Phi) is 2.26. The Balaban J connectivity index is 2.01. The van der Waals surface area contributed by atoms with E-state index in [2.05, 4.69) is 41.0 Å². The third-order valence-electron chi connectivity index (χ3n) is 3.58. The van der Waals surface area contributed by atoms with Crippen molar-refractivity contribution in [3.63, 3.8) is 0 Å². The van der Waals surface area contributed by atoms with Gasteiger partial charge in [0.1, 0.15) is 6.33 Å². The van der Waals surface area contributed by atoms with Crippen molar-refractivity contribution in [1.82, 2.24) is 19.6 Å². The maximum absolute atomic E-state index is 4.61. The molecule has 1 saturated carbocycles. The number of rotatable bonds is 2. The summed E-state index contributed by atoms with van der Waals surface area (Å²) in [7, 11) is 0. The highest BCUT2D eigenvalue weighted by molar-refractivity contribution is 7.12. The fourth-order valence-electron chi connectivity index (χ4n) is 2.50. The average molecular weight is 270 g/mol. The van der Waals surface area contributed by atoms with E-state index in [1.807, 2.05) is 15.9 Å². The van der Waals surface area contributed by atoms with Crippen LogP contribution in [0.2, 0.25) is 0 Å². The molecule has 1 aliphatic carbocycles. The molecular formula is C14H14N4S. The molecule has 4 rings (SSSR count). The Morgan fingerprint density at radius 3 is 2.79 bits per heavy atom. The van der Waals surface area contributed by atoms with Crippen LogP contribution in [0.1, 0.15) is 34.2 Å². The summed E-state index contributed by atoms with van der Waals surface area (Å²) in [4.78, 5) is 11.5. The lowest BCUT2D eigenvalue weighted by molar-refractivity contribution is 0.914. The molecule has 0 spiro atoms. The third kappa shape index (κ3) is 1.76. The Morgan fingerprint density at radius 1 is 1.26 bits per heavy atom. The topological polar surface area (TPSA) is 43.1 Å². The van der Waals surface area contributed by atoms with E-state index in [0.717, 1.165) is 5.69 Å². The summed E-state index contributed by atoms with van der Waals surface area (Å²) in [5.41, 5.74) is 3.53. The lowest BCUT2D eigenvalue weighted by atomic mass is 10.1. The van der Waals surface area contributed by atoms with Crippen LogP contribution in [-0.4, -0.2) is 19.6 Å². The lowest BCUT2D eigenvalue weighted by Crippen LogP contribution is -2.00. The summed E-state index contributed by atoms with van der Waals surface area (Å²) in [6, 6.07) is 4.42. The van der Waals surface area contributed by atoms with E-state index in [0.29, 0.717) is 11.7 Å². The summed E-state index contributed by atoms with van der Waals surface area (Å²) in [6.45, 7) is 4.30. The quantitative estimate of drug-likeness (QED) is 0.717. The van der Waals surface area contributed by atoms with Crippen LogP contribution in [0.15, 0.2) is 18.5 Å². The second kappa shape index (κ2) is 3.87. The predicted molar refractivity (Wildman–Crippen MR) is 75.5 cm³/mol. The van der Waals surface area contributed by atoms with Crippen molar-refractivity contribution in [3.8, 4) is 11.3 Å². The fourth-order valence-corrected chi connectivity index (χ4v) is 3.43. The average Bonchev–Trinajstić information content (AvgIpc) is 3.03. The summed E-state index contributed by atoms with van der Waals surface area (Å²) in [6.07, 6.45) is 4.08. The summed E-state index contributed by atoms with van der Waals surface area (Å²) >= 11 is 1.82. The van der Waals surface area contributed by atoms with Gasteiger partial charge in [0.15, 0.2) is 0 Å². The van der Waals surface area contributed by atoms with Gasteiger partial charge in [0, 0.05) is 26.9 Å². The second-order valence-corrected chi connectivity index (χ2v) is 6.60. The molecule has 3 aromatic heterocycles. The maximum atomic E-state index is 4.61. The van der Waals surface area contributed by atoms with Gasteiger partial charge in [-0.3, -0.25) is 0 Å². The first-order valence-corrected chi connectivity index (χ1v) is 7.32. The van der Waals surface area contributed by atoms with E-state index in [-0.39, 0.29) is 0 Å². The first-order valence-electron chi connectivity index (χ1n) is 6.50. The molecular weight excluding hydrogens is 256 g/mol. The van der Waals surface area contributed by atoms with Crippen LogP contribution in [0.25, 0.3) is 17.0 Å². The Bertz CT molecular complexity index is 767. The van der Waals surface area contributed by atoms with Gasteiger partial charge in [-0.1, -0.05) is 0 Å². The molecule has 5 heteroatoms. The zero-order valence-electron chi connectivity index (χ0n) is 10.9. The van der Waals surface area contributed by atoms with Gasteiger partial charge in [0.05, 0.1) is 5.69 Å². The van der Waals surface area contributed by atoms with Gasteiger partial charge in [0.2, 0.25) is 0 Å². The van der Waals surface area contributed by atoms with E-state index in [9.17, 15) is 0 Å².